The molecule has 0 aromatic heterocycles. The predicted molar refractivity (Wildman–Crippen MR) is 111 cm³/mol. The largest absolute Gasteiger partial charge is 0.465 e. The summed E-state index contributed by atoms with van der Waals surface area (Å²) in [5.74, 6) is 3.33. The standard InChI is InChI=1S/C25H38O3/c1-2-3-4-5-8-24(27)28-17-25-14-6-7-23(25)22-11-9-18-16-19(26)10-12-20(18)21(22)13-15-25/h16,20-23H,2-15,17H2,1H3/t20-,21+,22+,23-,25-/m0/s1. The maximum Gasteiger partial charge on any atom is 0.305 e. The number of rotatable bonds is 7. The Morgan fingerprint density at radius 2 is 1.96 bits per heavy atom. The average molecular weight is 387 g/mol. The van der Waals surface area contributed by atoms with Gasteiger partial charge in [-0.05, 0) is 81.1 Å². The molecule has 5 atom stereocenters. The van der Waals surface area contributed by atoms with E-state index in [1.165, 1.54) is 56.9 Å². The maximum absolute atomic E-state index is 12.3. The van der Waals surface area contributed by atoms with Crippen LogP contribution < -0.4 is 0 Å². The third-order valence-corrected chi connectivity index (χ3v) is 8.58. The van der Waals surface area contributed by atoms with E-state index in [0.29, 0.717) is 24.7 Å². The molecule has 4 aliphatic carbocycles. The first-order valence-electron chi connectivity index (χ1n) is 12.0. The highest BCUT2D eigenvalue weighted by Crippen LogP contribution is 2.62. The van der Waals surface area contributed by atoms with Crippen molar-refractivity contribution in [1.82, 2.24) is 0 Å². The molecule has 156 valence electrons. The molecule has 0 radical (unpaired) electrons. The molecule has 0 heterocycles. The van der Waals surface area contributed by atoms with E-state index in [9.17, 15) is 9.59 Å². The van der Waals surface area contributed by atoms with Gasteiger partial charge in [-0.3, -0.25) is 9.59 Å². The molecule has 28 heavy (non-hydrogen) atoms. The van der Waals surface area contributed by atoms with Crippen LogP contribution in [0.1, 0.15) is 96.8 Å². The number of carbonyl (C=O) groups excluding carboxylic acids is 2. The second kappa shape index (κ2) is 8.71. The summed E-state index contributed by atoms with van der Waals surface area (Å²) < 4.78 is 5.87. The zero-order valence-corrected chi connectivity index (χ0v) is 17.7. The van der Waals surface area contributed by atoms with Gasteiger partial charge in [-0.25, -0.2) is 0 Å². The molecule has 4 aliphatic rings. The number of unbranched alkanes of at least 4 members (excludes halogenated alkanes) is 3. The fraction of sp³-hybridized carbons (Fsp3) is 0.840. The van der Waals surface area contributed by atoms with Crippen molar-refractivity contribution in [2.75, 3.05) is 6.61 Å². The fourth-order valence-corrected chi connectivity index (χ4v) is 7.22. The summed E-state index contributed by atoms with van der Waals surface area (Å²) in [5, 5.41) is 0. The van der Waals surface area contributed by atoms with Gasteiger partial charge in [-0.2, -0.15) is 0 Å². The van der Waals surface area contributed by atoms with Gasteiger partial charge in [-0.1, -0.05) is 38.2 Å². The van der Waals surface area contributed by atoms with Crippen molar-refractivity contribution >= 4 is 11.8 Å². The van der Waals surface area contributed by atoms with Gasteiger partial charge in [0.05, 0.1) is 6.61 Å². The van der Waals surface area contributed by atoms with E-state index in [4.69, 9.17) is 4.74 Å². The topological polar surface area (TPSA) is 43.4 Å². The Hall–Kier alpha value is -1.12. The van der Waals surface area contributed by atoms with E-state index >= 15 is 0 Å². The van der Waals surface area contributed by atoms with Crippen molar-refractivity contribution in [2.24, 2.45) is 29.1 Å². The lowest BCUT2D eigenvalue weighted by atomic mass is 9.52. The highest BCUT2D eigenvalue weighted by atomic mass is 16.5. The number of esters is 1. The number of carbonyl (C=O) groups is 2. The molecule has 0 aromatic rings. The summed E-state index contributed by atoms with van der Waals surface area (Å²) in [6.45, 7) is 2.86. The lowest BCUT2D eigenvalue weighted by Crippen LogP contribution is -2.47. The Morgan fingerprint density at radius 3 is 2.82 bits per heavy atom. The summed E-state index contributed by atoms with van der Waals surface area (Å²) in [5.41, 5.74) is 1.72. The van der Waals surface area contributed by atoms with Crippen molar-refractivity contribution in [1.29, 1.82) is 0 Å². The summed E-state index contributed by atoms with van der Waals surface area (Å²) >= 11 is 0. The quantitative estimate of drug-likeness (QED) is 0.397. The van der Waals surface area contributed by atoms with E-state index in [1.807, 2.05) is 6.08 Å². The third kappa shape index (κ3) is 3.96. The number of allylic oxidation sites excluding steroid dienone is 1. The second-order valence-corrected chi connectivity index (χ2v) is 10.1. The molecule has 4 rings (SSSR count). The summed E-state index contributed by atoms with van der Waals surface area (Å²) in [6, 6.07) is 0. The van der Waals surface area contributed by atoms with Gasteiger partial charge in [0.25, 0.3) is 0 Å². The molecular formula is C25H38O3. The van der Waals surface area contributed by atoms with Crippen LogP contribution >= 0.6 is 0 Å². The zero-order valence-electron chi connectivity index (χ0n) is 17.7. The van der Waals surface area contributed by atoms with Crippen LogP contribution in [0.15, 0.2) is 11.6 Å². The van der Waals surface area contributed by atoms with Gasteiger partial charge < -0.3 is 4.74 Å². The molecule has 3 saturated carbocycles. The van der Waals surface area contributed by atoms with E-state index in [-0.39, 0.29) is 11.4 Å². The van der Waals surface area contributed by atoms with Gasteiger partial charge in [0.2, 0.25) is 0 Å². The number of ketones is 1. The monoisotopic (exact) mass is 386 g/mol. The molecule has 0 aromatic carbocycles. The minimum atomic E-state index is 0.0258. The molecule has 3 heteroatoms. The molecule has 0 spiro atoms. The smallest absolute Gasteiger partial charge is 0.305 e. The van der Waals surface area contributed by atoms with Gasteiger partial charge in [0.15, 0.2) is 5.78 Å². The average Bonchev–Trinajstić information content (AvgIpc) is 3.14. The fourth-order valence-electron chi connectivity index (χ4n) is 7.22. The second-order valence-electron chi connectivity index (χ2n) is 10.1. The van der Waals surface area contributed by atoms with Gasteiger partial charge in [-0.15, -0.1) is 0 Å². The van der Waals surface area contributed by atoms with Gasteiger partial charge in [0.1, 0.15) is 0 Å². The Bertz CT molecular complexity index is 621. The van der Waals surface area contributed by atoms with Gasteiger partial charge >= 0.3 is 5.97 Å². The summed E-state index contributed by atoms with van der Waals surface area (Å²) in [6.07, 6.45) is 17.7. The third-order valence-electron chi connectivity index (χ3n) is 8.58. The molecule has 0 aliphatic heterocycles. The number of fused-ring (bicyclic) bond motifs is 5. The lowest BCUT2D eigenvalue weighted by molar-refractivity contribution is -0.151. The van der Waals surface area contributed by atoms with Crippen LogP contribution in [-0.2, 0) is 14.3 Å². The molecule has 0 unspecified atom stereocenters. The highest BCUT2D eigenvalue weighted by molar-refractivity contribution is 5.91. The number of hydrogen-bond donors (Lipinski definition) is 0. The van der Waals surface area contributed by atoms with Crippen LogP contribution in [0.3, 0.4) is 0 Å². The van der Waals surface area contributed by atoms with Crippen LogP contribution in [-0.4, -0.2) is 18.4 Å². The first-order valence-corrected chi connectivity index (χ1v) is 12.0. The van der Waals surface area contributed by atoms with Crippen LogP contribution in [0, 0.1) is 29.1 Å². The Labute approximate surface area is 170 Å². The van der Waals surface area contributed by atoms with Crippen molar-refractivity contribution in [2.45, 2.75) is 96.8 Å². The summed E-state index contributed by atoms with van der Waals surface area (Å²) in [7, 11) is 0. The first kappa shape index (κ1) is 20.2. The Balaban J connectivity index is 1.37. The Kier molecular flexibility index (Phi) is 6.27. The van der Waals surface area contributed by atoms with Crippen molar-refractivity contribution < 1.29 is 14.3 Å². The van der Waals surface area contributed by atoms with Crippen LogP contribution in [0.2, 0.25) is 0 Å². The molecule has 0 amide bonds. The molecule has 0 saturated heterocycles. The lowest BCUT2D eigenvalue weighted by Gasteiger charge is -2.53. The predicted octanol–water partition coefficient (Wildman–Crippen LogP) is 6.01. The van der Waals surface area contributed by atoms with Crippen molar-refractivity contribution in [3.63, 3.8) is 0 Å². The van der Waals surface area contributed by atoms with E-state index in [1.54, 1.807) is 0 Å². The number of hydrogen-bond acceptors (Lipinski definition) is 3. The summed E-state index contributed by atoms with van der Waals surface area (Å²) in [4.78, 5) is 24.1. The molecule has 0 N–H and O–H groups in total. The molecule has 0 bridgehead atoms. The van der Waals surface area contributed by atoms with Crippen molar-refractivity contribution in [3.8, 4) is 0 Å². The normalized spacial score (nSPS) is 36.9. The minimum absolute atomic E-state index is 0.0258. The maximum atomic E-state index is 12.3. The van der Waals surface area contributed by atoms with Crippen LogP contribution in [0.5, 0.6) is 0 Å². The van der Waals surface area contributed by atoms with E-state index in [0.717, 1.165) is 49.9 Å². The highest BCUT2D eigenvalue weighted by Gasteiger charge is 2.55. The first-order chi connectivity index (χ1) is 13.6. The van der Waals surface area contributed by atoms with E-state index in [2.05, 4.69) is 6.92 Å². The van der Waals surface area contributed by atoms with Crippen LogP contribution in [0.25, 0.3) is 0 Å². The van der Waals surface area contributed by atoms with Crippen LogP contribution in [0.4, 0.5) is 0 Å². The number of ether oxygens (including phenoxy) is 1. The zero-order chi connectivity index (χ0) is 19.6. The Morgan fingerprint density at radius 1 is 1.07 bits per heavy atom. The SMILES string of the molecule is CCCCCCC(=O)OC[C@@]12CCC[C@H]1[C@@H]1CCC3=CC(=O)CC[C@@H]3[C@H]1CC2. The van der Waals surface area contributed by atoms with Gasteiger partial charge in [0, 0.05) is 18.3 Å². The minimum Gasteiger partial charge on any atom is -0.465 e. The van der Waals surface area contributed by atoms with E-state index < -0.39 is 0 Å². The molecular weight excluding hydrogens is 348 g/mol. The molecule has 3 nitrogen and oxygen atoms in total. The van der Waals surface area contributed by atoms with Crippen molar-refractivity contribution in [3.05, 3.63) is 11.6 Å². The molecule has 3 fully saturated rings.